The second kappa shape index (κ2) is 14.3. The molecule has 258 valence electrons. The first kappa shape index (κ1) is 33.8. The number of hydrogen-bond donors (Lipinski definition) is 0. The number of likely N-dealkylation sites (tertiary alicyclic amines) is 1. The molecule has 6 aromatic rings. The predicted molar refractivity (Wildman–Crippen MR) is 202 cm³/mol. The summed E-state index contributed by atoms with van der Waals surface area (Å²) in [5, 5.41) is 0.852. The van der Waals surface area contributed by atoms with E-state index in [4.69, 9.17) is 19.5 Å². The average Bonchev–Trinajstić information content (AvgIpc) is 3.85. The van der Waals surface area contributed by atoms with Gasteiger partial charge in [0.25, 0.3) is 0 Å². The number of imidazole rings is 1. The fraction of sp³-hybridized carbons (Fsp3) is 0.286. The van der Waals surface area contributed by atoms with Crippen molar-refractivity contribution < 1.29 is 14.3 Å². The van der Waals surface area contributed by atoms with Crippen LogP contribution >= 0.6 is 0 Å². The van der Waals surface area contributed by atoms with Gasteiger partial charge in [0.05, 0.1) is 58.2 Å². The monoisotopic (exact) mass is 678 g/mol. The summed E-state index contributed by atoms with van der Waals surface area (Å²) in [5.74, 6) is 7.47. The second-order valence-electron chi connectivity index (χ2n) is 13.8. The van der Waals surface area contributed by atoms with E-state index in [0.717, 1.165) is 56.4 Å². The molecule has 0 N–H and O–H groups in total. The topological polar surface area (TPSA) is 86.8 Å². The Kier molecular flexibility index (Phi) is 9.44. The van der Waals surface area contributed by atoms with E-state index in [0.29, 0.717) is 25.4 Å². The van der Waals surface area contributed by atoms with Crippen LogP contribution in [0.25, 0.3) is 21.9 Å². The van der Waals surface area contributed by atoms with E-state index in [9.17, 15) is 4.79 Å². The molecule has 7 rings (SSSR count). The Morgan fingerprint density at radius 1 is 0.941 bits per heavy atom. The van der Waals surface area contributed by atoms with Crippen molar-refractivity contribution in [3.05, 3.63) is 126 Å². The van der Waals surface area contributed by atoms with Crippen LogP contribution in [0.4, 0.5) is 10.6 Å². The minimum absolute atomic E-state index is 0.0491. The molecule has 9 nitrogen and oxygen atoms in total. The second-order valence-corrected chi connectivity index (χ2v) is 13.8. The number of amides is 1. The third kappa shape index (κ3) is 7.14. The number of fused-ring (bicyclic) bond motifs is 2. The van der Waals surface area contributed by atoms with Crippen molar-refractivity contribution in [2.24, 2.45) is 4.99 Å². The van der Waals surface area contributed by atoms with Gasteiger partial charge < -0.3 is 23.5 Å². The number of benzene rings is 3. The van der Waals surface area contributed by atoms with Crippen molar-refractivity contribution in [2.75, 3.05) is 20.3 Å². The molecular weight excluding hydrogens is 637 g/mol. The number of nitrogens with zero attached hydrogens (tertiary/aromatic N) is 6. The Hall–Kier alpha value is -5.72. The lowest BCUT2D eigenvalue weighted by Crippen LogP contribution is -2.41. The SMILES string of the molecule is CCn1cnc2cc(C#Cc3cn([C@H]4C[C@H](COC)N(C(=O)OC(C)(C)C)C4)c4ccnc(N=C(c5ccccc5)c5ccccc5)c34)ccc21. The summed E-state index contributed by atoms with van der Waals surface area (Å²) in [6, 6.07) is 28.3. The van der Waals surface area contributed by atoms with Crippen LogP contribution in [0.1, 0.15) is 62.4 Å². The zero-order valence-electron chi connectivity index (χ0n) is 29.7. The minimum Gasteiger partial charge on any atom is -0.444 e. The molecule has 1 amide bonds. The number of aromatic nitrogens is 4. The van der Waals surface area contributed by atoms with E-state index in [-0.39, 0.29) is 18.2 Å². The lowest BCUT2D eigenvalue weighted by atomic mass is 10.0. The molecule has 3 aromatic carbocycles. The van der Waals surface area contributed by atoms with Gasteiger partial charge in [0.15, 0.2) is 5.82 Å². The molecule has 0 bridgehead atoms. The molecule has 1 aliphatic heterocycles. The highest BCUT2D eigenvalue weighted by Crippen LogP contribution is 2.37. The van der Waals surface area contributed by atoms with Crippen molar-refractivity contribution in [2.45, 2.75) is 58.3 Å². The quantitative estimate of drug-likeness (QED) is 0.126. The summed E-state index contributed by atoms with van der Waals surface area (Å²) in [6.45, 7) is 9.49. The number of aryl methyl sites for hydroxylation is 1. The highest BCUT2D eigenvalue weighted by Gasteiger charge is 2.39. The summed E-state index contributed by atoms with van der Waals surface area (Å²) in [6.07, 6.45) is 6.10. The number of aliphatic imine (C=N–C) groups is 1. The summed E-state index contributed by atoms with van der Waals surface area (Å²) in [7, 11) is 1.66. The van der Waals surface area contributed by atoms with Gasteiger partial charge in [-0.15, -0.1) is 0 Å². The van der Waals surface area contributed by atoms with Gasteiger partial charge in [0, 0.05) is 49.3 Å². The van der Waals surface area contributed by atoms with Gasteiger partial charge in [0.1, 0.15) is 5.60 Å². The van der Waals surface area contributed by atoms with Crippen LogP contribution in [-0.4, -0.2) is 67.7 Å². The molecule has 1 saturated heterocycles. The van der Waals surface area contributed by atoms with Gasteiger partial charge in [-0.05, 0) is 58.4 Å². The largest absolute Gasteiger partial charge is 0.444 e. The van der Waals surface area contributed by atoms with Crippen LogP contribution in [0.15, 0.2) is 109 Å². The van der Waals surface area contributed by atoms with E-state index in [1.54, 1.807) is 18.2 Å². The zero-order valence-corrected chi connectivity index (χ0v) is 29.7. The Bertz CT molecular complexity index is 2230. The summed E-state index contributed by atoms with van der Waals surface area (Å²) in [4.78, 5) is 29.9. The van der Waals surface area contributed by atoms with Crippen molar-refractivity contribution >= 4 is 39.6 Å². The summed E-state index contributed by atoms with van der Waals surface area (Å²) in [5.41, 5.74) is 6.78. The van der Waals surface area contributed by atoms with E-state index in [1.165, 1.54) is 0 Å². The predicted octanol–water partition coefficient (Wildman–Crippen LogP) is 8.17. The van der Waals surface area contributed by atoms with E-state index in [1.807, 2.05) is 81.7 Å². The number of carbonyl (C=O) groups excluding carboxylic acids is 1. The molecule has 4 heterocycles. The molecule has 0 saturated carbocycles. The maximum atomic E-state index is 13.4. The standard InChI is InChI=1S/C42H42N6O3/c1-6-46-28-44-35-23-29(18-20-36(35)46)17-19-32-25-47(33-24-34(27-50-5)48(26-33)41(49)51-42(2,3)4)37-21-22-43-40(38(32)37)45-39(30-13-9-7-10-14-30)31-15-11-8-12-16-31/h7-16,18,20-23,25,28,33-34H,6,24,26-27H2,1-5H3/t33-,34+/m0/s1. The molecule has 0 radical (unpaired) electrons. The third-order valence-electron chi connectivity index (χ3n) is 9.11. The lowest BCUT2D eigenvalue weighted by molar-refractivity contribution is 0.0146. The van der Waals surface area contributed by atoms with Crippen molar-refractivity contribution in [1.82, 2.24) is 24.0 Å². The minimum atomic E-state index is -0.610. The van der Waals surface area contributed by atoms with E-state index < -0.39 is 5.60 Å². The van der Waals surface area contributed by atoms with Crippen molar-refractivity contribution in [1.29, 1.82) is 0 Å². The van der Waals surface area contributed by atoms with Crippen molar-refractivity contribution in [3.8, 4) is 11.8 Å². The van der Waals surface area contributed by atoms with Crippen LogP contribution < -0.4 is 0 Å². The van der Waals surface area contributed by atoms with Gasteiger partial charge in [-0.2, -0.15) is 0 Å². The van der Waals surface area contributed by atoms with Crippen LogP contribution in [-0.2, 0) is 16.0 Å². The fourth-order valence-electron chi connectivity index (χ4n) is 6.78. The zero-order chi connectivity index (χ0) is 35.5. The number of pyridine rings is 1. The maximum absolute atomic E-state index is 13.4. The fourth-order valence-corrected chi connectivity index (χ4v) is 6.78. The average molecular weight is 679 g/mol. The number of carbonyl (C=O) groups is 1. The van der Waals surface area contributed by atoms with Gasteiger partial charge in [-0.25, -0.2) is 19.8 Å². The Labute approximate surface area is 298 Å². The molecule has 51 heavy (non-hydrogen) atoms. The van der Waals surface area contributed by atoms with E-state index in [2.05, 4.69) is 69.4 Å². The van der Waals surface area contributed by atoms with Crippen LogP contribution in [0.5, 0.6) is 0 Å². The molecule has 1 aliphatic rings. The van der Waals surface area contributed by atoms with E-state index >= 15 is 0 Å². The van der Waals surface area contributed by atoms with Gasteiger partial charge in [0.2, 0.25) is 0 Å². The van der Waals surface area contributed by atoms with Crippen LogP contribution in [0, 0.1) is 11.8 Å². The molecule has 9 heteroatoms. The maximum Gasteiger partial charge on any atom is 0.410 e. The molecule has 0 spiro atoms. The third-order valence-corrected chi connectivity index (χ3v) is 9.11. The number of ether oxygens (including phenoxy) is 2. The highest BCUT2D eigenvalue weighted by atomic mass is 16.6. The molecule has 0 aliphatic carbocycles. The summed E-state index contributed by atoms with van der Waals surface area (Å²) < 4.78 is 15.7. The Balaban J connectivity index is 1.38. The first-order valence-corrected chi connectivity index (χ1v) is 17.4. The lowest BCUT2D eigenvalue weighted by Gasteiger charge is -2.28. The first-order chi connectivity index (χ1) is 24.7. The first-order valence-electron chi connectivity index (χ1n) is 17.4. The number of hydrogen-bond acceptors (Lipinski definition) is 6. The number of methoxy groups -OCH3 is 1. The Morgan fingerprint density at radius 3 is 2.33 bits per heavy atom. The Morgan fingerprint density at radius 2 is 1.67 bits per heavy atom. The molecule has 1 fully saturated rings. The molecule has 3 aromatic heterocycles. The van der Waals surface area contributed by atoms with Crippen LogP contribution in [0.2, 0.25) is 0 Å². The summed E-state index contributed by atoms with van der Waals surface area (Å²) >= 11 is 0. The highest BCUT2D eigenvalue weighted by molar-refractivity contribution is 6.15. The number of rotatable bonds is 7. The normalized spacial score (nSPS) is 15.9. The van der Waals surface area contributed by atoms with Crippen LogP contribution in [0.3, 0.4) is 0 Å². The van der Waals surface area contributed by atoms with Crippen molar-refractivity contribution in [3.63, 3.8) is 0 Å². The molecular formula is C42H42N6O3. The molecule has 0 unspecified atom stereocenters. The molecule has 2 atom stereocenters. The van der Waals surface area contributed by atoms with Gasteiger partial charge in [-0.1, -0.05) is 72.5 Å². The van der Waals surface area contributed by atoms with Gasteiger partial charge >= 0.3 is 6.09 Å². The smallest absolute Gasteiger partial charge is 0.410 e. The van der Waals surface area contributed by atoms with Gasteiger partial charge in [-0.3, -0.25) is 0 Å².